The molecule has 0 fully saturated rings. The molecule has 0 saturated carbocycles. The minimum Gasteiger partial charge on any atom is -0.478 e. The lowest BCUT2D eigenvalue weighted by atomic mass is 10.1. The molecule has 100 valence electrons. The van der Waals surface area contributed by atoms with E-state index >= 15 is 0 Å². The second-order valence-electron chi connectivity index (χ2n) is 3.80. The summed E-state index contributed by atoms with van der Waals surface area (Å²) in [5, 5.41) is 18.5. The van der Waals surface area contributed by atoms with E-state index < -0.39 is 5.97 Å². The molecule has 0 aliphatic heterocycles. The first kappa shape index (κ1) is 14.4. The van der Waals surface area contributed by atoms with Crippen molar-refractivity contribution in [2.75, 3.05) is 0 Å². The van der Waals surface area contributed by atoms with E-state index in [9.17, 15) is 4.79 Å². The van der Waals surface area contributed by atoms with Crippen LogP contribution in [0, 0.1) is 11.3 Å². The van der Waals surface area contributed by atoms with Gasteiger partial charge in [0.25, 0.3) is 0 Å². The van der Waals surface area contributed by atoms with Gasteiger partial charge >= 0.3 is 5.97 Å². The fourth-order valence-electron chi connectivity index (χ4n) is 1.52. The van der Waals surface area contributed by atoms with E-state index in [1.54, 1.807) is 18.2 Å². The van der Waals surface area contributed by atoms with Crippen LogP contribution in [0.25, 0.3) is 0 Å². The first-order valence-corrected chi connectivity index (χ1v) is 6.58. The lowest BCUT2D eigenvalue weighted by Crippen LogP contribution is -1.98. The van der Waals surface area contributed by atoms with Crippen molar-refractivity contribution >= 4 is 33.5 Å². The van der Waals surface area contributed by atoms with Crippen molar-refractivity contribution < 1.29 is 14.6 Å². The Morgan fingerprint density at radius 3 is 2.55 bits per heavy atom. The van der Waals surface area contributed by atoms with Gasteiger partial charge in [-0.2, -0.15) is 5.26 Å². The van der Waals surface area contributed by atoms with Gasteiger partial charge in [0.05, 0.1) is 15.6 Å². The number of nitriles is 1. The Bertz CT molecular complexity index is 725. The van der Waals surface area contributed by atoms with Gasteiger partial charge < -0.3 is 9.84 Å². The monoisotopic (exact) mass is 351 g/mol. The Kier molecular flexibility index (Phi) is 4.28. The number of rotatable bonds is 3. The molecule has 6 heteroatoms. The van der Waals surface area contributed by atoms with E-state index in [1.807, 2.05) is 6.07 Å². The van der Waals surface area contributed by atoms with Gasteiger partial charge in [-0.25, -0.2) is 4.79 Å². The van der Waals surface area contributed by atoms with Crippen LogP contribution in [0.1, 0.15) is 15.9 Å². The van der Waals surface area contributed by atoms with Gasteiger partial charge in [-0.05, 0) is 52.3 Å². The van der Waals surface area contributed by atoms with E-state index in [1.165, 1.54) is 18.2 Å². The zero-order valence-electron chi connectivity index (χ0n) is 9.93. The Morgan fingerprint density at radius 2 is 1.95 bits per heavy atom. The zero-order chi connectivity index (χ0) is 14.7. The third-order valence-corrected chi connectivity index (χ3v) is 3.32. The number of carboxylic acid groups (broad SMARTS) is 1. The molecule has 0 aromatic heterocycles. The molecular weight excluding hydrogens is 346 g/mol. The fourth-order valence-corrected chi connectivity index (χ4v) is 2.28. The Hall–Kier alpha value is -2.03. The highest BCUT2D eigenvalue weighted by Gasteiger charge is 2.11. The Balaban J connectivity index is 2.39. The topological polar surface area (TPSA) is 70.3 Å². The molecule has 0 aliphatic rings. The highest BCUT2D eigenvalue weighted by atomic mass is 79.9. The van der Waals surface area contributed by atoms with Crippen molar-refractivity contribution in [2.45, 2.75) is 0 Å². The number of ether oxygens (including phenoxy) is 1. The summed E-state index contributed by atoms with van der Waals surface area (Å²) in [6, 6.07) is 11.0. The van der Waals surface area contributed by atoms with Gasteiger partial charge in [-0.15, -0.1) is 0 Å². The van der Waals surface area contributed by atoms with Gasteiger partial charge in [0.1, 0.15) is 17.6 Å². The summed E-state index contributed by atoms with van der Waals surface area (Å²) in [6.45, 7) is 0. The van der Waals surface area contributed by atoms with E-state index in [-0.39, 0.29) is 16.9 Å². The van der Waals surface area contributed by atoms with E-state index in [2.05, 4.69) is 15.9 Å². The molecule has 0 atom stereocenters. The lowest BCUT2D eigenvalue weighted by molar-refractivity contribution is 0.0697. The summed E-state index contributed by atoms with van der Waals surface area (Å²) in [4.78, 5) is 10.9. The summed E-state index contributed by atoms with van der Waals surface area (Å²) < 4.78 is 6.24. The van der Waals surface area contributed by atoms with E-state index in [0.29, 0.717) is 15.2 Å². The molecule has 0 heterocycles. The fraction of sp³-hybridized carbons (Fsp3) is 0. The predicted molar refractivity (Wildman–Crippen MR) is 77.3 cm³/mol. The summed E-state index contributed by atoms with van der Waals surface area (Å²) in [5.41, 5.74) is 0.177. The van der Waals surface area contributed by atoms with Crippen molar-refractivity contribution in [1.82, 2.24) is 0 Å². The molecule has 0 unspecified atom stereocenters. The number of carbonyl (C=O) groups is 1. The molecule has 0 spiro atoms. The van der Waals surface area contributed by atoms with Crippen LogP contribution >= 0.6 is 27.5 Å². The first-order chi connectivity index (χ1) is 9.51. The SMILES string of the molecule is N#Cc1cc(C(=O)O)ccc1Oc1ccc(Cl)cc1Br. The van der Waals surface area contributed by atoms with Crippen molar-refractivity contribution in [2.24, 2.45) is 0 Å². The Morgan fingerprint density at radius 1 is 1.25 bits per heavy atom. The van der Waals surface area contributed by atoms with Crippen LogP contribution in [-0.2, 0) is 0 Å². The van der Waals surface area contributed by atoms with Crippen LogP contribution in [0.2, 0.25) is 5.02 Å². The molecule has 2 rings (SSSR count). The number of aromatic carboxylic acids is 1. The molecular formula is C14H7BrClNO3. The number of benzene rings is 2. The summed E-state index contributed by atoms with van der Waals surface area (Å²) in [7, 11) is 0. The van der Waals surface area contributed by atoms with E-state index in [4.69, 9.17) is 26.7 Å². The van der Waals surface area contributed by atoms with Crippen LogP contribution in [0.3, 0.4) is 0 Å². The third-order valence-electron chi connectivity index (χ3n) is 2.46. The molecule has 2 aromatic rings. The smallest absolute Gasteiger partial charge is 0.335 e. The second-order valence-corrected chi connectivity index (χ2v) is 5.10. The number of nitrogens with zero attached hydrogens (tertiary/aromatic N) is 1. The highest BCUT2D eigenvalue weighted by molar-refractivity contribution is 9.10. The van der Waals surface area contributed by atoms with Crippen molar-refractivity contribution in [1.29, 1.82) is 5.26 Å². The number of hydrogen-bond acceptors (Lipinski definition) is 3. The summed E-state index contributed by atoms with van der Waals surface area (Å²) in [5.74, 6) is -0.338. The quantitative estimate of drug-likeness (QED) is 0.885. The molecule has 4 nitrogen and oxygen atoms in total. The molecule has 20 heavy (non-hydrogen) atoms. The minimum atomic E-state index is -1.10. The van der Waals surface area contributed by atoms with Gasteiger partial charge in [0, 0.05) is 5.02 Å². The first-order valence-electron chi connectivity index (χ1n) is 5.41. The normalized spacial score (nSPS) is 9.85. The molecule has 0 amide bonds. The van der Waals surface area contributed by atoms with Crippen LogP contribution < -0.4 is 4.74 Å². The summed E-state index contributed by atoms with van der Waals surface area (Å²) >= 11 is 9.13. The molecule has 2 aromatic carbocycles. The largest absolute Gasteiger partial charge is 0.478 e. The maximum atomic E-state index is 10.9. The highest BCUT2D eigenvalue weighted by Crippen LogP contribution is 2.33. The number of hydrogen-bond donors (Lipinski definition) is 1. The maximum absolute atomic E-state index is 10.9. The number of carboxylic acids is 1. The van der Waals surface area contributed by atoms with Gasteiger partial charge in [0.2, 0.25) is 0 Å². The third kappa shape index (κ3) is 3.10. The molecule has 0 bridgehead atoms. The van der Waals surface area contributed by atoms with Crippen molar-refractivity contribution in [3.8, 4) is 17.6 Å². The van der Waals surface area contributed by atoms with Gasteiger partial charge in [-0.1, -0.05) is 11.6 Å². The van der Waals surface area contributed by atoms with Crippen LogP contribution in [-0.4, -0.2) is 11.1 Å². The zero-order valence-corrected chi connectivity index (χ0v) is 12.3. The summed E-state index contributed by atoms with van der Waals surface area (Å²) in [6.07, 6.45) is 0. The van der Waals surface area contributed by atoms with Gasteiger partial charge in [0.15, 0.2) is 0 Å². The lowest BCUT2D eigenvalue weighted by Gasteiger charge is -2.09. The molecule has 1 N–H and O–H groups in total. The number of halogens is 2. The molecule has 0 saturated heterocycles. The second kappa shape index (κ2) is 5.95. The average molecular weight is 353 g/mol. The molecule has 0 radical (unpaired) electrons. The molecule has 0 aliphatic carbocycles. The van der Waals surface area contributed by atoms with Crippen LogP contribution in [0.5, 0.6) is 11.5 Å². The van der Waals surface area contributed by atoms with Crippen LogP contribution in [0.4, 0.5) is 0 Å². The predicted octanol–water partition coefficient (Wildman–Crippen LogP) is 4.46. The average Bonchev–Trinajstić information content (AvgIpc) is 2.42. The van der Waals surface area contributed by atoms with Crippen molar-refractivity contribution in [3.63, 3.8) is 0 Å². The minimum absolute atomic E-state index is 0.0315. The standard InChI is InChI=1S/C14H7BrClNO3/c15-11-6-10(16)2-4-13(11)20-12-3-1-8(14(18)19)5-9(12)7-17/h1-6H,(H,18,19). The van der Waals surface area contributed by atoms with Crippen molar-refractivity contribution in [3.05, 3.63) is 57.0 Å². The maximum Gasteiger partial charge on any atom is 0.335 e. The van der Waals surface area contributed by atoms with E-state index in [0.717, 1.165) is 0 Å². The van der Waals surface area contributed by atoms with Gasteiger partial charge in [-0.3, -0.25) is 0 Å². The Labute approximate surface area is 128 Å². The van der Waals surface area contributed by atoms with Crippen LogP contribution in [0.15, 0.2) is 40.9 Å².